The predicted octanol–water partition coefficient (Wildman–Crippen LogP) is 2.50. The Morgan fingerprint density at radius 1 is 1.53 bits per heavy atom. The molecular formula is C10H7F2NO2. The molecule has 1 N–H and O–H groups in total. The smallest absolute Gasteiger partial charge is 0.335 e. The molecule has 0 fully saturated rings. The molecular weight excluding hydrogens is 204 g/mol. The number of nitrogens with zero attached hydrogens (tertiary/aromatic N) is 1. The molecule has 78 valence electrons. The van der Waals surface area contributed by atoms with Crippen LogP contribution < -0.4 is 0 Å². The normalized spacial score (nSPS) is 10.1. The maximum atomic E-state index is 12.4. The Labute approximate surface area is 84.6 Å². The lowest BCUT2D eigenvalue weighted by Gasteiger charge is -2.07. The number of hydrogen-bond acceptors (Lipinski definition) is 2. The van der Waals surface area contributed by atoms with Crippen LogP contribution in [-0.2, 0) is 0 Å². The minimum atomic E-state index is -2.78. The fourth-order valence-corrected chi connectivity index (χ4v) is 1.29. The van der Waals surface area contributed by atoms with Gasteiger partial charge in [0.05, 0.1) is 17.2 Å². The lowest BCUT2D eigenvalue weighted by atomic mass is 9.98. The molecule has 0 bridgehead atoms. The molecule has 1 aromatic carbocycles. The number of carbonyl (C=O) groups is 1. The van der Waals surface area contributed by atoms with E-state index in [0.29, 0.717) is 0 Å². The Balaban J connectivity index is 3.48. The van der Waals surface area contributed by atoms with Crippen LogP contribution in [0.5, 0.6) is 0 Å². The van der Waals surface area contributed by atoms with Crippen LogP contribution in [0.2, 0.25) is 0 Å². The molecule has 15 heavy (non-hydrogen) atoms. The molecule has 1 aromatic rings. The number of alkyl halides is 2. The van der Waals surface area contributed by atoms with Gasteiger partial charge in [0.15, 0.2) is 0 Å². The fourth-order valence-electron chi connectivity index (χ4n) is 1.29. The van der Waals surface area contributed by atoms with Crippen molar-refractivity contribution >= 4 is 5.97 Å². The number of carboxylic acids is 1. The van der Waals surface area contributed by atoms with Gasteiger partial charge < -0.3 is 5.11 Å². The van der Waals surface area contributed by atoms with Crippen molar-refractivity contribution < 1.29 is 18.7 Å². The van der Waals surface area contributed by atoms with Crippen LogP contribution in [-0.4, -0.2) is 11.1 Å². The van der Waals surface area contributed by atoms with Crippen LogP contribution in [0.15, 0.2) is 12.1 Å². The van der Waals surface area contributed by atoms with Gasteiger partial charge in [-0.2, -0.15) is 5.26 Å². The lowest BCUT2D eigenvalue weighted by molar-refractivity contribution is 0.0695. The average Bonchev–Trinajstić information content (AvgIpc) is 2.16. The Hall–Kier alpha value is -1.96. The van der Waals surface area contributed by atoms with E-state index in [1.165, 1.54) is 6.92 Å². The summed E-state index contributed by atoms with van der Waals surface area (Å²) in [6.07, 6.45) is -2.78. The topological polar surface area (TPSA) is 61.1 Å². The number of nitriles is 1. The second kappa shape index (κ2) is 4.05. The second-order valence-corrected chi connectivity index (χ2v) is 2.92. The van der Waals surface area contributed by atoms with Crippen LogP contribution >= 0.6 is 0 Å². The van der Waals surface area contributed by atoms with Gasteiger partial charge in [0, 0.05) is 5.56 Å². The third-order valence-corrected chi connectivity index (χ3v) is 2.07. The molecule has 0 aromatic heterocycles. The largest absolute Gasteiger partial charge is 0.478 e. The summed E-state index contributed by atoms with van der Waals surface area (Å²) in [7, 11) is 0. The summed E-state index contributed by atoms with van der Waals surface area (Å²) in [6, 6.07) is 3.65. The van der Waals surface area contributed by atoms with Gasteiger partial charge >= 0.3 is 5.97 Å². The molecule has 0 aliphatic rings. The Morgan fingerprint density at radius 3 is 2.53 bits per heavy atom. The zero-order chi connectivity index (χ0) is 11.6. The first-order valence-electron chi connectivity index (χ1n) is 4.04. The van der Waals surface area contributed by atoms with Gasteiger partial charge in [-0.1, -0.05) is 6.07 Å². The van der Waals surface area contributed by atoms with Crippen molar-refractivity contribution in [1.82, 2.24) is 0 Å². The van der Waals surface area contributed by atoms with Crippen molar-refractivity contribution in [3.63, 3.8) is 0 Å². The fraction of sp³-hybridized carbons (Fsp3) is 0.200. The van der Waals surface area contributed by atoms with E-state index in [0.717, 1.165) is 12.1 Å². The number of aromatic carboxylic acids is 1. The second-order valence-electron chi connectivity index (χ2n) is 2.92. The van der Waals surface area contributed by atoms with Crippen LogP contribution in [0.4, 0.5) is 8.78 Å². The first kappa shape index (κ1) is 11.1. The van der Waals surface area contributed by atoms with Crippen molar-refractivity contribution in [1.29, 1.82) is 5.26 Å². The molecule has 0 radical (unpaired) electrons. The van der Waals surface area contributed by atoms with Gasteiger partial charge in [0.2, 0.25) is 0 Å². The van der Waals surface area contributed by atoms with Crippen LogP contribution in [0.3, 0.4) is 0 Å². The zero-order valence-corrected chi connectivity index (χ0v) is 7.79. The predicted molar refractivity (Wildman–Crippen MR) is 47.8 cm³/mol. The molecule has 0 saturated heterocycles. The van der Waals surface area contributed by atoms with E-state index >= 15 is 0 Å². The zero-order valence-electron chi connectivity index (χ0n) is 7.79. The maximum Gasteiger partial charge on any atom is 0.335 e. The minimum Gasteiger partial charge on any atom is -0.478 e. The van der Waals surface area contributed by atoms with Crippen molar-refractivity contribution in [2.45, 2.75) is 13.3 Å². The number of rotatable bonds is 2. The molecule has 3 nitrogen and oxygen atoms in total. The van der Waals surface area contributed by atoms with Gasteiger partial charge in [-0.15, -0.1) is 0 Å². The van der Waals surface area contributed by atoms with Crippen molar-refractivity contribution in [2.24, 2.45) is 0 Å². The third-order valence-electron chi connectivity index (χ3n) is 2.07. The highest BCUT2D eigenvalue weighted by Gasteiger charge is 2.19. The SMILES string of the molecule is Cc1c(C(=O)O)ccc(C(F)F)c1C#N. The average molecular weight is 211 g/mol. The Bertz CT molecular complexity index is 449. The minimum absolute atomic E-state index is 0.0720. The van der Waals surface area contributed by atoms with Gasteiger partial charge in [-0.25, -0.2) is 13.6 Å². The molecule has 0 saturated carbocycles. The molecule has 1 rings (SSSR count). The van der Waals surface area contributed by atoms with E-state index in [2.05, 4.69) is 0 Å². The molecule has 0 heterocycles. The molecule has 0 amide bonds. The van der Waals surface area contributed by atoms with E-state index in [1.54, 1.807) is 6.07 Å². The highest BCUT2D eigenvalue weighted by atomic mass is 19.3. The summed E-state index contributed by atoms with van der Waals surface area (Å²) in [6.45, 7) is 1.34. The number of halogens is 2. The molecule has 0 aliphatic heterocycles. The first-order chi connectivity index (χ1) is 6.99. The van der Waals surface area contributed by atoms with Crippen molar-refractivity contribution in [2.75, 3.05) is 0 Å². The summed E-state index contributed by atoms with van der Waals surface area (Å²) >= 11 is 0. The van der Waals surface area contributed by atoms with Crippen molar-refractivity contribution in [3.8, 4) is 6.07 Å². The number of hydrogen-bond donors (Lipinski definition) is 1. The van der Waals surface area contributed by atoms with Gasteiger partial charge in [0.1, 0.15) is 0 Å². The van der Waals surface area contributed by atoms with E-state index in [1.807, 2.05) is 0 Å². The van der Waals surface area contributed by atoms with Gasteiger partial charge in [-0.05, 0) is 18.6 Å². The summed E-state index contributed by atoms with van der Waals surface area (Å²) in [5, 5.41) is 17.4. The summed E-state index contributed by atoms with van der Waals surface area (Å²) in [4.78, 5) is 10.7. The van der Waals surface area contributed by atoms with Crippen LogP contribution in [0.1, 0.15) is 33.5 Å². The van der Waals surface area contributed by atoms with Crippen LogP contribution in [0.25, 0.3) is 0 Å². The van der Waals surface area contributed by atoms with Crippen LogP contribution in [0, 0.1) is 18.3 Å². The molecule has 0 atom stereocenters. The number of benzene rings is 1. The van der Waals surface area contributed by atoms with Gasteiger partial charge in [-0.3, -0.25) is 0 Å². The summed E-state index contributed by atoms with van der Waals surface area (Å²) in [5.74, 6) is -1.23. The monoisotopic (exact) mass is 211 g/mol. The van der Waals surface area contributed by atoms with Crippen molar-refractivity contribution in [3.05, 3.63) is 34.4 Å². The molecule has 5 heteroatoms. The van der Waals surface area contributed by atoms with Gasteiger partial charge in [0.25, 0.3) is 6.43 Å². The first-order valence-corrected chi connectivity index (χ1v) is 4.04. The molecule has 0 spiro atoms. The van der Waals surface area contributed by atoms with E-state index < -0.39 is 18.0 Å². The molecule has 0 unspecified atom stereocenters. The van der Waals surface area contributed by atoms with E-state index in [4.69, 9.17) is 10.4 Å². The quantitative estimate of drug-likeness (QED) is 0.817. The molecule has 0 aliphatic carbocycles. The van der Waals surface area contributed by atoms with E-state index in [9.17, 15) is 13.6 Å². The number of carboxylic acid groups (broad SMARTS) is 1. The third kappa shape index (κ3) is 1.94. The summed E-state index contributed by atoms with van der Waals surface area (Å²) in [5.41, 5.74) is -0.747. The highest BCUT2D eigenvalue weighted by molar-refractivity contribution is 5.90. The lowest BCUT2D eigenvalue weighted by Crippen LogP contribution is -2.04. The maximum absolute atomic E-state index is 12.4. The Morgan fingerprint density at radius 2 is 2.13 bits per heavy atom. The standard InChI is InChI=1S/C10H7F2NO2/c1-5-6(10(14)15)2-3-7(9(11)12)8(5)4-13/h2-3,9H,1H3,(H,14,15). The summed E-state index contributed by atoms with van der Waals surface area (Å²) < 4.78 is 24.9. The van der Waals surface area contributed by atoms with E-state index in [-0.39, 0.29) is 16.7 Å². The highest BCUT2D eigenvalue weighted by Crippen LogP contribution is 2.26. The Kier molecular flexibility index (Phi) is 3.00.